The Morgan fingerprint density at radius 3 is 3.19 bits per heavy atom. The Labute approximate surface area is 151 Å². The molecule has 0 aliphatic carbocycles. The molecule has 7 nitrogen and oxygen atoms in total. The van der Waals surface area contributed by atoms with Gasteiger partial charge >= 0.3 is 0 Å². The van der Waals surface area contributed by atoms with E-state index in [9.17, 15) is 4.79 Å². The van der Waals surface area contributed by atoms with Crippen LogP contribution in [-0.4, -0.2) is 57.3 Å². The maximum Gasteiger partial charge on any atom is 0.272 e. The van der Waals surface area contributed by atoms with Crippen LogP contribution in [0.15, 0.2) is 36.7 Å². The van der Waals surface area contributed by atoms with Crippen LogP contribution in [0.4, 0.5) is 0 Å². The minimum atomic E-state index is -0.0590. The smallest absolute Gasteiger partial charge is 0.272 e. The molecule has 1 aliphatic rings. The van der Waals surface area contributed by atoms with E-state index in [1.165, 1.54) is 5.56 Å². The summed E-state index contributed by atoms with van der Waals surface area (Å²) < 4.78 is 5.75. The molecule has 4 rings (SSSR count). The fourth-order valence-corrected chi connectivity index (χ4v) is 3.38. The van der Waals surface area contributed by atoms with Gasteiger partial charge in [0.05, 0.1) is 24.9 Å². The lowest BCUT2D eigenvalue weighted by Crippen LogP contribution is -2.37. The van der Waals surface area contributed by atoms with Gasteiger partial charge < -0.3 is 9.64 Å². The molecular weight excluding hydrogens is 330 g/mol. The zero-order chi connectivity index (χ0) is 17.9. The minimum absolute atomic E-state index is 0.0590. The Morgan fingerprint density at radius 2 is 2.31 bits per heavy atom. The summed E-state index contributed by atoms with van der Waals surface area (Å²) in [5.41, 5.74) is 2.69. The lowest BCUT2D eigenvalue weighted by atomic mass is 9.98. The number of nitrogens with one attached hydrogen (secondary N) is 1. The number of aromatic amines is 1. The van der Waals surface area contributed by atoms with Gasteiger partial charge in [-0.3, -0.25) is 9.89 Å². The Balaban J connectivity index is 1.49. The fraction of sp³-hybridized carbons (Fsp3) is 0.368. The summed E-state index contributed by atoms with van der Waals surface area (Å²) in [5, 5.41) is 8.13. The van der Waals surface area contributed by atoms with Crippen LogP contribution < -0.4 is 0 Å². The molecule has 0 saturated carbocycles. The van der Waals surface area contributed by atoms with E-state index < -0.39 is 0 Å². The summed E-state index contributed by atoms with van der Waals surface area (Å²) in [6, 6.07) is 7.96. The van der Waals surface area contributed by atoms with Gasteiger partial charge in [0.25, 0.3) is 5.91 Å². The van der Waals surface area contributed by atoms with Gasteiger partial charge in [-0.2, -0.15) is 5.10 Å². The second kappa shape index (κ2) is 7.21. The van der Waals surface area contributed by atoms with Crippen molar-refractivity contribution in [2.45, 2.75) is 13.3 Å². The van der Waals surface area contributed by atoms with Crippen molar-refractivity contribution >= 4 is 16.8 Å². The fourth-order valence-electron chi connectivity index (χ4n) is 3.38. The summed E-state index contributed by atoms with van der Waals surface area (Å²) in [6.45, 7) is 4.23. The van der Waals surface area contributed by atoms with Crippen LogP contribution in [0.3, 0.4) is 0 Å². The van der Waals surface area contributed by atoms with Gasteiger partial charge in [-0.15, -0.1) is 0 Å². The summed E-state index contributed by atoms with van der Waals surface area (Å²) in [4.78, 5) is 23.0. The third-order valence-electron chi connectivity index (χ3n) is 4.65. The third kappa shape index (κ3) is 3.57. The van der Waals surface area contributed by atoms with Crippen LogP contribution in [0.2, 0.25) is 0 Å². The average molecular weight is 351 g/mol. The summed E-state index contributed by atoms with van der Waals surface area (Å²) in [5.74, 6) is 0.789. The van der Waals surface area contributed by atoms with Crippen molar-refractivity contribution in [3.05, 3.63) is 53.7 Å². The van der Waals surface area contributed by atoms with Gasteiger partial charge in [-0.25, -0.2) is 9.97 Å². The predicted molar refractivity (Wildman–Crippen MR) is 96.8 cm³/mol. The van der Waals surface area contributed by atoms with Crippen molar-refractivity contribution < 1.29 is 9.53 Å². The number of aromatic nitrogens is 4. The molecule has 0 radical (unpaired) electrons. The van der Waals surface area contributed by atoms with Crippen LogP contribution in [0, 0.1) is 12.8 Å². The third-order valence-corrected chi connectivity index (χ3v) is 4.65. The number of hydrogen-bond donors (Lipinski definition) is 1. The predicted octanol–water partition coefficient (Wildman–Crippen LogP) is 1.99. The molecule has 1 amide bonds. The van der Waals surface area contributed by atoms with E-state index >= 15 is 0 Å². The molecule has 26 heavy (non-hydrogen) atoms. The van der Waals surface area contributed by atoms with Gasteiger partial charge in [-0.1, -0.05) is 6.07 Å². The summed E-state index contributed by atoms with van der Waals surface area (Å²) >= 11 is 0. The molecule has 3 aromatic rings. The summed E-state index contributed by atoms with van der Waals surface area (Å²) in [6.07, 6.45) is 4.31. The number of amides is 1. The molecule has 2 aromatic heterocycles. The molecule has 1 atom stereocenters. The van der Waals surface area contributed by atoms with Gasteiger partial charge in [0.1, 0.15) is 11.5 Å². The standard InChI is InChI=1S/C19H21N5O2/c1-13-20-5-4-18(22-13)19(25)24-6-7-26-12-15(11-24)8-14-2-3-17-16(9-14)10-21-23-17/h2-5,9-10,15H,6-8,11-12H2,1H3,(H,21,23)/t15-/m1/s1. The zero-order valence-electron chi connectivity index (χ0n) is 14.7. The number of benzene rings is 1. The second-order valence-corrected chi connectivity index (χ2v) is 6.68. The normalized spacial score (nSPS) is 18.0. The van der Waals surface area contributed by atoms with Crippen molar-refractivity contribution in [3.63, 3.8) is 0 Å². The van der Waals surface area contributed by atoms with Crippen LogP contribution in [-0.2, 0) is 11.2 Å². The zero-order valence-corrected chi connectivity index (χ0v) is 14.7. The number of rotatable bonds is 3. The van der Waals surface area contributed by atoms with Gasteiger partial charge in [-0.05, 0) is 37.1 Å². The molecule has 0 spiro atoms. The summed E-state index contributed by atoms with van der Waals surface area (Å²) in [7, 11) is 0. The molecule has 134 valence electrons. The number of H-pyrrole nitrogens is 1. The maximum absolute atomic E-state index is 12.8. The Hall–Kier alpha value is -2.80. The molecule has 1 fully saturated rings. The van der Waals surface area contributed by atoms with E-state index in [0.29, 0.717) is 37.8 Å². The number of carbonyl (C=O) groups is 1. The molecule has 1 aliphatic heterocycles. The number of aryl methyl sites for hydroxylation is 1. The Bertz CT molecular complexity index is 923. The van der Waals surface area contributed by atoms with E-state index in [1.54, 1.807) is 19.2 Å². The van der Waals surface area contributed by atoms with Crippen LogP contribution in [0.5, 0.6) is 0 Å². The van der Waals surface area contributed by atoms with Gasteiger partial charge in [0, 0.05) is 30.6 Å². The molecule has 7 heteroatoms. The quantitative estimate of drug-likeness (QED) is 0.780. The van der Waals surface area contributed by atoms with Crippen LogP contribution >= 0.6 is 0 Å². The molecule has 1 N–H and O–H groups in total. The lowest BCUT2D eigenvalue weighted by molar-refractivity contribution is 0.0731. The molecular formula is C19H21N5O2. The maximum atomic E-state index is 12.8. The topological polar surface area (TPSA) is 84.0 Å². The molecule has 1 saturated heterocycles. The lowest BCUT2D eigenvalue weighted by Gasteiger charge is -2.23. The first-order valence-corrected chi connectivity index (χ1v) is 8.78. The second-order valence-electron chi connectivity index (χ2n) is 6.68. The largest absolute Gasteiger partial charge is 0.379 e. The first-order chi connectivity index (χ1) is 12.7. The SMILES string of the molecule is Cc1nccc(C(=O)N2CCOC[C@H](Cc3ccc4[nH]ncc4c3)C2)n1. The number of carbonyl (C=O) groups excluding carboxylic acids is 1. The highest BCUT2D eigenvalue weighted by Gasteiger charge is 2.24. The average Bonchev–Trinajstić information content (AvgIpc) is 2.99. The molecule has 1 aromatic carbocycles. The van der Waals surface area contributed by atoms with E-state index in [-0.39, 0.29) is 11.8 Å². The van der Waals surface area contributed by atoms with Crippen molar-refractivity contribution in [2.24, 2.45) is 5.92 Å². The minimum Gasteiger partial charge on any atom is -0.379 e. The van der Waals surface area contributed by atoms with Gasteiger partial charge in [0.15, 0.2) is 0 Å². The van der Waals surface area contributed by atoms with E-state index in [4.69, 9.17) is 4.74 Å². The van der Waals surface area contributed by atoms with E-state index in [2.05, 4.69) is 32.3 Å². The van der Waals surface area contributed by atoms with Crippen molar-refractivity contribution in [1.29, 1.82) is 0 Å². The van der Waals surface area contributed by atoms with Crippen LogP contribution in [0.25, 0.3) is 10.9 Å². The highest BCUT2D eigenvalue weighted by Crippen LogP contribution is 2.19. The molecule has 0 bridgehead atoms. The first kappa shape index (κ1) is 16.7. The highest BCUT2D eigenvalue weighted by atomic mass is 16.5. The van der Waals surface area contributed by atoms with E-state index in [0.717, 1.165) is 17.3 Å². The van der Waals surface area contributed by atoms with Crippen molar-refractivity contribution in [3.8, 4) is 0 Å². The van der Waals surface area contributed by atoms with E-state index in [1.807, 2.05) is 17.2 Å². The number of ether oxygens (including phenoxy) is 1. The van der Waals surface area contributed by atoms with Crippen molar-refractivity contribution in [1.82, 2.24) is 25.1 Å². The van der Waals surface area contributed by atoms with Gasteiger partial charge in [0.2, 0.25) is 0 Å². The number of nitrogens with zero attached hydrogens (tertiary/aromatic N) is 4. The Morgan fingerprint density at radius 1 is 1.38 bits per heavy atom. The first-order valence-electron chi connectivity index (χ1n) is 8.78. The number of fused-ring (bicyclic) bond motifs is 1. The molecule has 3 heterocycles. The highest BCUT2D eigenvalue weighted by molar-refractivity contribution is 5.92. The van der Waals surface area contributed by atoms with Crippen LogP contribution in [0.1, 0.15) is 21.9 Å². The Kier molecular flexibility index (Phi) is 4.62. The molecule has 0 unspecified atom stereocenters. The van der Waals surface area contributed by atoms with Crippen molar-refractivity contribution in [2.75, 3.05) is 26.3 Å². The monoisotopic (exact) mass is 351 g/mol. The number of hydrogen-bond acceptors (Lipinski definition) is 5.